The number of hydrogen-bond donors (Lipinski definition) is 0. The molecule has 0 aliphatic rings. The Morgan fingerprint density at radius 2 is 1.69 bits per heavy atom. The van der Waals surface area contributed by atoms with Crippen LogP contribution in [-0.2, 0) is 6.42 Å². The highest BCUT2D eigenvalue weighted by molar-refractivity contribution is 6.43. The lowest BCUT2D eigenvalue weighted by Gasteiger charge is -2.06. The van der Waals surface area contributed by atoms with E-state index >= 15 is 0 Å². The maximum atomic E-state index is 6.18. The number of pyridine rings is 1. The molecule has 0 aliphatic carbocycles. The van der Waals surface area contributed by atoms with Crippen LogP contribution in [0.2, 0.25) is 15.1 Å². The molecular formula is C12H10Cl3N. The first kappa shape index (κ1) is 12.0. The van der Waals surface area contributed by atoms with E-state index in [2.05, 4.69) is 11.9 Å². The highest BCUT2D eigenvalue weighted by Crippen LogP contribution is 2.31. The quantitative estimate of drug-likeness (QED) is 0.738. The highest BCUT2D eigenvalue weighted by Gasteiger charge is 2.07. The van der Waals surface area contributed by atoms with Gasteiger partial charge in [-0.3, -0.25) is 4.98 Å². The molecule has 0 saturated carbocycles. The first-order valence-corrected chi connectivity index (χ1v) is 6.19. The van der Waals surface area contributed by atoms with Gasteiger partial charge in [-0.15, -0.1) is 0 Å². The summed E-state index contributed by atoms with van der Waals surface area (Å²) in [5.74, 6) is 0. The van der Waals surface area contributed by atoms with E-state index in [0.29, 0.717) is 15.1 Å². The van der Waals surface area contributed by atoms with Crippen LogP contribution in [0.25, 0.3) is 10.9 Å². The average molecular weight is 275 g/mol. The molecule has 1 aromatic heterocycles. The van der Waals surface area contributed by atoms with Crippen molar-refractivity contribution in [2.75, 3.05) is 0 Å². The zero-order valence-electron chi connectivity index (χ0n) is 8.73. The third-order valence-corrected chi connectivity index (χ3v) is 3.39. The van der Waals surface area contributed by atoms with Crippen LogP contribution in [-0.4, -0.2) is 4.98 Å². The third-order valence-electron chi connectivity index (χ3n) is 2.36. The molecule has 0 saturated heterocycles. The Morgan fingerprint density at radius 3 is 2.38 bits per heavy atom. The van der Waals surface area contributed by atoms with Crippen molar-refractivity contribution in [2.45, 2.75) is 19.8 Å². The number of fused-ring (bicyclic) bond motifs is 1. The van der Waals surface area contributed by atoms with Gasteiger partial charge in [-0.2, -0.15) is 0 Å². The second-order valence-electron chi connectivity index (χ2n) is 3.63. The summed E-state index contributed by atoms with van der Waals surface area (Å²) in [6.07, 6.45) is 1.95. The van der Waals surface area contributed by atoms with Gasteiger partial charge in [0, 0.05) is 11.1 Å². The third kappa shape index (κ3) is 2.27. The van der Waals surface area contributed by atoms with Crippen LogP contribution in [0.5, 0.6) is 0 Å². The summed E-state index contributed by atoms with van der Waals surface area (Å²) in [5.41, 5.74) is 1.78. The number of nitrogens with zero attached hydrogens (tertiary/aromatic N) is 1. The summed E-state index contributed by atoms with van der Waals surface area (Å²) in [6, 6.07) is 5.40. The fourth-order valence-corrected chi connectivity index (χ4v) is 2.21. The largest absolute Gasteiger partial charge is 0.253 e. The standard InChI is InChI=1S/C12H10Cl3N/c1-2-3-7-4-9(13)8-5-10(14)11(15)6-12(8)16-7/h4-6H,2-3H2,1H3. The van der Waals surface area contributed by atoms with Gasteiger partial charge in [-0.1, -0.05) is 48.1 Å². The van der Waals surface area contributed by atoms with Crippen molar-refractivity contribution < 1.29 is 0 Å². The van der Waals surface area contributed by atoms with Crippen LogP contribution in [0, 0.1) is 0 Å². The molecule has 84 valence electrons. The predicted molar refractivity (Wildman–Crippen MR) is 70.8 cm³/mol. The van der Waals surface area contributed by atoms with Crippen LogP contribution < -0.4 is 0 Å². The van der Waals surface area contributed by atoms with Gasteiger partial charge >= 0.3 is 0 Å². The minimum atomic E-state index is 0.501. The summed E-state index contributed by atoms with van der Waals surface area (Å²) >= 11 is 18.1. The molecule has 0 fully saturated rings. The number of rotatable bonds is 2. The lowest BCUT2D eigenvalue weighted by Crippen LogP contribution is -1.91. The molecule has 16 heavy (non-hydrogen) atoms. The first-order chi connectivity index (χ1) is 7.61. The molecule has 2 rings (SSSR count). The van der Waals surface area contributed by atoms with Gasteiger partial charge in [0.25, 0.3) is 0 Å². The van der Waals surface area contributed by atoms with E-state index < -0.39 is 0 Å². The molecular weight excluding hydrogens is 264 g/mol. The van der Waals surface area contributed by atoms with Gasteiger partial charge in [0.15, 0.2) is 0 Å². The van der Waals surface area contributed by atoms with Crippen LogP contribution in [0.15, 0.2) is 18.2 Å². The average Bonchev–Trinajstić information content (AvgIpc) is 2.22. The summed E-state index contributed by atoms with van der Waals surface area (Å²) in [5, 5.41) is 2.52. The van der Waals surface area contributed by atoms with Crippen LogP contribution >= 0.6 is 34.8 Å². The Morgan fingerprint density at radius 1 is 1.00 bits per heavy atom. The Hall–Kier alpha value is -0.500. The van der Waals surface area contributed by atoms with Crippen molar-refractivity contribution in [1.82, 2.24) is 4.98 Å². The molecule has 0 atom stereocenters. The second kappa shape index (κ2) is 4.79. The van der Waals surface area contributed by atoms with Gasteiger partial charge < -0.3 is 0 Å². The summed E-state index contributed by atoms with van der Waals surface area (Å²) in [6.45, 7) is 2.11. The zero-order valence-corrected chi connectivity index (χ0v) is 11.0. The van der Waals surface area contributed by atoms with Gasteiger partial charge in [0.05, 0.1) is 20.6 Å². The van der Waals surface area contributed by atoms with Crippen molar-refractivity contribution in [3.8, 4) is 0 Å². The molecule has 1 aromatic carbocycles. The van der Waals surface area contributed by atoms with E-state index in [0.717, 1.165) is 29.4 Å². The van der Waals surface area contributed by atoms with Crippen molar-refractivity contribution in [3.63, 3.8) is 0 Å². The fourth-order valence-electron chi connectivity index (χ4n) is 1.62. The molecule has 0 aliphatic heterocycles. The van der Waals surface area contributed by atoms with Crippen molar-refractivity contribution >= 4 is 45.7 Å². The monoisotopic (exact) mass is 273 g/mol. The minimum Gasteiger partial charge on any atom is -0.253 e. The normalized spacial score (nSPS) is 11.0. The Bertz CT molecular complexity index is 537. The number of benzene rings is 1. The van der Waals surface area contributed by atoms with E-state index in [1.807, 2.05) is 6.07 Å². The molecule has 2 aromatic rings. The van der Waals surface area contributed by atoms with Crippen molar-refractivity contribution in [2.24, 2.45) is 0 Å². The topological polar surface area (TPSA) is 12.9 Å². The molecule has 0 unspecified atom stereocenters. The Labute approximate surface area is 109 Å². The molecule has 1 nitrogen and oxygen atoms in total. The Kier molecular flexibility index (Phi) is 3.58. The smallest absolute Gasteiger partial charge is 0.0736 e. The summed E-state index contributed by atoms with van der Waals surface area (Å²) in [7, 11) is 0. The maximum absolute atomic E-state index is 6.18. The molecule has 0 amide bonds. The summed E-state index contributed by atoms with van der Waals surface area (Å²) < 4.78 is 0. The summed E-state index contributed by atoms with van der Waals surface area (Å²) in [4.78, 5) is 4.50. The number of aromatic nitrogens is 1. The number of aryl methyl sites for hydroxylation is 1. The molecule has 4 heteroatoms. The van der Waals surface area contributed by atoms with Crippen LogP contribution in [0.3, 0.4) is 0 Å². The van der Waals surface area contributed by atoms with Gasteiger partial charge in [-0.25, -0.2) is 0 Å². The fraction of sp³-hybridized carbons (Fsp3) is 0.250. The van der Waals surface area contributed by atoms with Gasteiger partial charge in [0.1, 0.15) is 0 Å². The van der Waals surface area contributed by atoms with Gasteiger partial charge in [-0.05, 0) is 24.6 Å². The van der Waals surface area contributed by atoms with E-state index in [-0.39, 0.29) is 0 Å². The van der Waals surface area contributed by atoms with Crippen molar-refractivity contribution in [3.05, 3.63) is 39.0 Å². The SMILES string of the molecule is CCCc1cc(Cl)c2cc(Cl)c(Cl)cc2n1. The predicted octanol–water partition coefficient (Wildman–Crippen LogP) is 5.15. The lowest BCUT2D eigenvalue weighted by molar-refractivity contribution is 0.890. The van der Waals surface area contributed by atoms with Gasteiger partial charge in [0.2, 0.25) is 0 Å². The van der Waals surface area contributed by atoms with E-state index in [4.69, 9.17) is 34.8 Å². The van der Waals surface area contributed by atoms with E-state index in [9.17, 15) is 0 Å². The van der Waals surface area contributed by atoms with Crippen LogP contribution in [0.4, 0.5) is 0 Å². The Balaban J connectivity index is 2.67. The first-order valence-electron chi connectivity index (χ1n) is 5.06. The van der Waals surface area contributed by atoms with E-state index in [1.54, 1.807) is 12.1 Å². The van der Waals surface area contributed by atoms with Crippen LogP contribution in [0.1, 0.15) is 19.0 Å². The molecule has 0 N–H and O–H groups in total. The number of hydrogen-bond acceptors (Lipinski definition) is 1. The molecule has 0 spiro atoms. The zero-order chi connectivity index (χ0) is 11.7. The maximum Gasteiger partial charge on any atom is 0.0736 e. The van der Waals surface area contributed by atoms with E-state index in [1.165, 1.54) is 0 Å². The van der Waals surface area contributed by atoms with Crippen molar-refractivity contribution in [1.29, 1.82) is 0 Å². The minimum absolute atomic E-state index is 0.501. The number of halogens is 3. The highest BCUT2D eigenvalue weighted by atomic mass is 35.5. The molecule has 0 radical (unpaired) electrons. The lowest BCUT2D eigenvalue weighted by atomic mass is 10.1. The molecule has 1 heterocycles. The second-order valence-corrected chi connectivity index (χ2v) is 4.85. The molecule has 0 bridgehead atoms.